The van der Waals surface area contributed by atoms with E-state index in [0.717, 1.165) is 16.0 Å². The molecule has 3 rings (SSSR count). The Hall–Kier alpha value is -1.24. The first-order valence-electron chi connectivity index (χ1n) is 7.27. The zero-order valence-corrected chi connectivity index (χ0v) is 13.8. The number of rotatable bonds is 3. The van der Waals surface area contributed by atoms with Gasteiger partial charge in [0.25, 0.3) is 0 Å². The Morgan fingerprint density at radius 3 is 2.62 bits per heavy atom. The molecule has 3 heterocycles. The molecule has 0 spiro atoms. The maximum absolute atomic E-state index is 10.3. The molecule has 2 aromatic rings. The van der Waals surface area contributed by atoms with Crippen molar-refractivity contribution in [3.05, 3.63) is 16.3 Å². The minimum absolute atomic E-state index is 0.268. The summed E-state index contributed by atoms with van der Waals surface area (Å²) in [6, 6.07) is 0. The van der Waals surface area contributed by atoms with Gasteiger partial charge in [-0.25, -0.2) is 9.97 Å². The van der Waals surface area contributed by atoms with E-state index in [0.29, 0.717) is 25.5 Å². The molecule has 0 aromatic carbocycles. The highest BCUT2D eigenvalue weighted by atomic mass is 32.1. The van der Waals surface area contributed by atoms with Crippen LogP contribution in [0, 0.1) is 19.8 Å². The Morgan fingerprint density at radius 1 is 1.33 bits per heavy atom. The zero-order valence-electron chi connectivity index (χ0n) is 13.0. The molecule has 0 unspecified atom stereocenters. The van der Waals surface area contributed by atoms with E-state index < -0.39 is 5.60 Å². The minimum Gasteiger partial charge on any atom is -0.387 e. The SMILES string of the molecule is Cc1sc2nc(CN3CC(O)(C(C)C)C3)nc(N)c2c1C. The van der Waals surface area contributed by atoms with Crippen LogP contribution in [0.15, 0.2) is 0 Å². The molecule has 0 aliphatic carbocycles. The van der Waals surface area contributed by atoms with Crippen LogP contribution in [-0.2, 0) is 6.54 Å². The summed E-state index contributed by atoms with van der Waals surface area (Å²) in [4.78, 5) is 13.4. The van der Waals surface area contributed by atoms with Gasteiger partial charge in [0, 0.05) is 18.0 Å². The topological polar surface area (TPSA) is 75.3 Å². The van der Waals surface area contributed by atoms with Gasteiger partial charge in [-0.15, -0.1) is 11.3 Å². The van der Waals surface area contributed by atoms with Crippen LogP contribution in [0.2, 0.25) is 0 Å². The summed E-state index contributed by atoms with van der Waals surface area (Å²) >= 11 is 1.67. The lowest BCUT2D eigenvalue weighted by Gasteiger charge is -2.48. The van der Waals surface area contributed by atoms with Crippen LogP contribution < -0.4 is 5.73 Å². The first kappa shape index (κ1) is 14.7. The Kier molecular flexibility index (Phi) is 3.43. The molecule has 0 atom stereocenters. The van der Waals surface area contributed by atoms with Crippen molar-refractivity contribution < 1.29 is 5.11 Å². The molecule has 1 fully saturated rings. The summed E-state index contributed by atoms with van der Waals surface area (Å²) in [5, 5.41) is 11.3. The maximum Gasteiger partial charge on any atom is 0.146 e. The Balaban J connectivity index is 1.80. The average molecular weight is 306 g/mol. The molecule has 21 heavy (non-hydrogen) atoms. The number of nitrogens with zero attached hydrogens (tertiary/aromatic N) is 3. The number of anilines is 1. The summed E-state index contributed by atoms with van der Waals surface area (Å²) < 4.78 is 0. The predicted octanol–water partition coefficient (Wildman–Crippen LogP) is 2.09. The fourth-order valence-corrected chi connectivity index (χ4v) is 3.86. The van der Waals surface area contributed by atoms with Crippen LogP contribution >= 0.6 is 11.3 Å². The highest BCUT2D eigenvalue weighted by Crippen LogP contribution is 2.33. The number of nitrogens with two attached hydrogens (primary N) is 1. The number of aromatic nitrogens is 2. The Morgan fingerprint density at radius 2 is 2.00 bits per heavy atom. The zero-order chi connectivity index (χ0) is 15.4. The third kappa shape index (κ3) is 2.41. The lowest BCUT2D eigenvalue weighted by atomic mass is 9.83. The first-order chi connectivity index (χ1) is 9.80. The molecular weight excluding hydrogens is 284 g/mol. The smallest absolute Gasteiger partial charge is 0.146 e. The highest BCUT2D eigenvalue weighted by molar-refractivity contribution is 7.18. The summed E-state index contributed by atoms with van der Waals surface area (Å²) in [5.41, 5.74) is 6.71. The first-order valence-corrected chi connectivity index (χ1v) is 8.08. The second kappa shape index (κ2) is 4.90. The van der Waals surface area contributed by atoms with Crippen LogP contribution in [0.5, 0.6) is 0 Å². The highest BCUT2D eigenvalue weighted by Gasteiger charge is 2.43. The van der Waals surface area contributed by atoms with E-state index in [1.807, 2.05) is 0 Å². The molecule has 1 saturated heterocycles. The third-order valence-corrected chi connectivity index (χ3v) is 5.64. The lowest BCUT2D eigenvalue weighted by molar-refractivity contribution is -0.131. The minimum atomic E-state index is -0.564. The molecule has 3 N–H and O–H groups in total. The van der Waals surface area contributed by atoms with E-state index in [4.69, 9.17) is 5.73 Å². The molecular formula is C15H22N4OS. The van der Waals surface area contributed by atoms with Crippen LogP contribution in [-0.4, -0.2) is 38.7 Å². The normalized spacial score (nSPS) is 18.4. The molecule has 0 radical (unpaired) electrons. The van der Waals surface area contributed by atoms with Gasteiger partial charge in [0.2, 0.25) is 0 Å². The number of β-amino-alcohol motifs (C(OH)–C–C–N with tert-alkyl or cyclic N) is 1. The van der Waals surface area contributed by atoms with E-state index in [-0.39, 0.29) is 5.92 Å². The summed E-state index contributed by atoms with van der Waals surface area (Å²) in [6.45, 7) is 10.2. The van der Waals surface area contributed by atoms with Gasteiger partial charge in [-0.05, 0) is 25.3 Å². The molecule has 1 aliphatic rings. The Labute approximate surface area is 128 Å². The van der Waals surface area contributed by atoms with Crippen molar-refractivity contribution in [1.82, 2.24) is 14.9 Å². The van der Waals surface area contributed by atoms with Gasteiger partial charge in [0.15, 0.2) is 0 Å². The van der Waals surface area contributed by atoms with E-state index in [9.17, 15) is 5.11 Å². The van der Waals surface area contributed by atoms with Crippen molar-refractivity contribution in [3.63, 3.8) is 0 Å². The van der Waals surface area contributed by atoms with Gasteiger partial charge in [-0.2, -0.15) is 0 Å². The molecule has 0 saturated carbocycles. The van der Waals surface area contributed by atoms with Gasteiger partial charge in [-0.1, -0.05) is 13.8 Å². The van der Waals surface area contributed by atoms with Gasteiger partial charge in [-0.3, -0.25) is 4.90 Å². The second-order valence-corrected chi connectivity index (χ2v) is 7.60. The van der Waals surface area contributed by atoms with E-state index in [1.54, 1.807) is 11.3 Å². The third-order valence-electron chi connectivity index (χ3n) is 4.54. The van der Waals surface area contributed by atoms with Crippen molar-refractivity contribution in [3.8, 4) is 0 Å². The van der Waals surface area contributed by atoms with Crippen LogP contribution in [0.4, 0.5) is 5.82 Å². The standard InChI is InChI=1S/C15H22N4OS/c1-8(2)15(20)6-19(7-15)5-11-17-13(16)12-9(3)10(4)21-14(12)18-11/h8,20H,5-7H2,1-4H3,(H2,16,17,18). The number of fused-ring (bicyclic) bond motifs is 1. The fraction of sp³-hybridized carbons (Fsp3) is 0.600. The number of nitrogen functional groups attached to an aromatic ring is 1. The van der Waals surface area contributed by atoms with Crippen molar-refractivity contribution in [2.24, 2.45) is 5.92 Å². The maximum atomic E-state index is 10.3. The van der Waals surface area contributed by atoms with E-state index in [2.05, 4.69) is 42.6 Å². The number of hydrogen-bond donors (Lipinski definition) is 2. The van der Waals surface area contributed by atoms with Crippen molar-refractivity contribution in [1.29, 1.82) is 0 Å². The molecule has 5 nitrogen and oxygen atoms in total. The summed E-state index contributed by atoms with van der Waals surface area (Å²) in [5.74, 6) is 1.58. The Bertz CT molecular complexity index is 689. The molecule has 2 aromatic heterocycles. The molecule has 6 heteroatoms. The molecule has 0 amide bonds. The second-order valence-electron chi connectivity index (χ2n) is 6.39. The van der Waals surface area contributed by atoms with E-state index >= 15 is 0 Å². The van der Waals surface area contributed by atoms with E-state index in [1.165, 1.54) is 10.4 Å². The summed E-state index contributed by atoms with van der Waals surface area (Å²) in [7, 11) is 0. The van der Waals surface area contributed by atoms with Crippen molar-refractivity contribution in [2.45, 2.75) is 39.8 Å². The monoisotopic (exact) mass is 306 g/mol. The number of likely N-dealkylation sites (tertiary alicyclic amines) is 1. The number of thiophene rings is 1. The van der Waals surface area contributed by atoms with Crippen molar-refractivity contribution >= 4 is 27.4 Å². The summed E-state index contributed by atoms with van der Waals surface area (Å²) in [6.07, 6.45) is 0. The van der Waals surface area contributed by atoms with Gasteiger partial charge >= 0.3 is 0 Å². The molecule has 114 valence electrons. The average Bonchev–Trinajstić information content (AvgIpc) is 2.63. The lowest BCUT2D eigenvalue weighted by Crippen LogP contribution is -2.63. The van der Waals surface area contributed by atoms with Gasteiger partial charge < -0.3 is 10.8 Å². The predicted molar refractivity (Wildman–Crippen MR) is 86.4 cm³/mol. The molecule has 0 bridgehead atoms. The number of aliphatic hydroxyl groups is 1. The quantitative estimate of drug-likeness (QED) is 0.908. The molecule has 1 aliphatic heterocycles. The van der Waals surface area contributed by atoms with Gasteiger partial charge in [0.05, 0.1) is 17.5 Å². The van der Waals surface area contributed by atoms with Crippen LogP contribution in [0.3, 0.4) is 0 Å². The van der Waals surface area contributed by atoms with Crippen molar-refractivity contribution in [2.75, 3.05) is 18.8 Å². The van der Waals surface area contributed by atoms with Crippen LogP contribution in [0.25, 0.3) is 10.2 Å². The van der Waals surface area contributed by atoms with Crippen LogP contribution in [0.1, 0.15) is 30.1 Å². The number of aryl methyl sites for hydroxylation is 2. The fourth-order valence-electron chi connectivity index (χ4n) is 2.80. The van der Waals surface area contributed by atoms with Gasteiger partial charge in [0.1, 0.15) is 16.5 Å². The largest absolute Gasteiger partial charge is 0.387 e. The number of hydrogen-bond acceptors (Lipinski definition) is 6.